The smallest absolute Gasteiger partial charge is 0.340 e. The lowest BCUT2D eigenvalue weighted by Gasteiger charge is -2.48. The summed E-state index contributed by atoms with van der Waals surface area (Å²) in [6, 6.07) is 6.03. The number of halogens is 1. The number of piperidine rings is 1. The van der Waals surface area contributed by atoms with Crippen molar-refractivity contribution in [2.24, 2.45) is 16.3 Å². The lowest BCUT2D eigenvalue weighted by Crippen LogP contribution is -2.54. The third-order valence-electron chi connectivity index (χ3n) is 7.58. The summed E-state index contributed by atoms with van der Waals surface area (Å²) in [4.78, 5) is 35.0. The molecule has 1 aromatic heterocycles. The van der Waals surface area contributed by atoms with Gasteiger partial charge >= 0.3 is 6.03 Å². The summed E-state index contributed by atoms with van der Waals surface area (Å²) in [5, 5.41) is 7.74. The van der Waals surface area contributed by atoms with Crippen molar-refractivity contribution in [1.29, 1.82) is 0 Å². The van der Waals surface area contributed by atoms with Gasteiger partial charge in [0.05, 0.1) is 0 Å². The highest BCUT2D eigenvalue weighted by atomic mass is 35.5. The standard InChI is InChI=1S/C25H33ClN6O2/c1-27-24(34)30-22(15-19-7-9-21(26)10-8-19)23(33)31-13-11-25(12-14-31,16-32-18-28-17-29-32)20-5-3-2-4-6-20/h7-10,17-18,20,22H,1-6,11-16H2,(H,30,34)/t22-/m1/s1. The molecule has 1 saturated heterocycles. The molecular formula is C25H33ClN6O2. The number of carbonyl (C=O) groups is 2. The molecule has 0 bridgehead atoms. The van der Waals surface area contributed by atoms with Crippen molar-refractivity contribution in [2.75, 3.05) is 13.1 Å². The fourth-order valence-corrected chi connectivity index (χ4v) is 5.82. The Morgan fingerprint density at radius 2 is 1.88 bits per heavy atom. The molecule has 2 aromatic rings. The molecule has 0 radical (unpaired) electrons. The highest BCUT2D eigenvalue weighted by molar-refractivity contribution is 6.30. The van der Waals surface area contributed by atoms with Gasteiger partial charge < -0.3 is 10.2 Å². The Morgan fingerprint density at radius 1 is 1.18 bits per heavy atom. The highest BCUT2D eigenvalue weighted by Gasteiger charge is 2.43. The zero-order valence-corrected chi connectivity index (χ0v) is 20.3. The van der Waals surface area contributed by atoms with E-state index >= 15 is 0 Å². The van der Waals surface area contributed by atoms with Gasteiger partial charge in [-0.05, 0) is 61.4 Å². The molecule has 2 heterocycles. The lowest BCUT2D eigenvalue weighted by atomic mass is 9.63. The zero-order valence-electron chi connectivity index (χ0n) is 19.5. The van der Waals surface area contributed by atoms with Crippen molar-refractivity contribution in [3.63, 3.8) is 0 Å². The normalized spacial score (nSPS) is 19.4. The van der Waals surface area contributed by atoms with Crippen LogP contribution in [0.25, 0.3) is 0 Å². The molecule has 1 N–H and O–H groups in total. The Morgan fingerprint density at radius 3 is 2.50 bits per heavy atom. The van der Waals surface area contributed by atoms with E-state index in [0.717, 1.165) is 24.9 Å². The minimum Gasteiger partial charge on any atom is -0.341 e. The van der Waals surface area contributed by atoms with Crippen molar-refractivity contribution in [1.82, 2.24) is 25.0 Å². The van der Waals surface area contributed by atoms with Crippen LogP contribution in [0.15, 0.2) is 41.9 Å². The monoisotopic (exact) mass is 484 g/mol. The zero-order chi connectivity index (χ0) is 24.0. The Balaban J connectivity index is 1.47. The van der Waals surface area contributed by atoms with Gasteiger partial charge in [-0.25, -0.2) is 14.8 Å². The van der Waals surface area contributed by atoms with E-state index in [1.807, 2.05) is 21.7 Å². The Labute approximate surface area is 205 Å². The van der Waals surface area contributed by atoms with Crippen LogP contribution in [0.5, 0.6) is 0 Å². The minimum absolute atomic E-state index is 0.0787. The van der Waals surface area contributed by atoms with Crippen molar-refractivity contribution in [2.45, 2.75) is 64.0 Å². The summed E-state index contributed by atoms with van der Waals surface area (Å²) in [7, 11) is 0. The van der Waals surface area contributed by atoms with E-state index in [2.05, 4.69) is 27.1 Å². The Hall–Kier alpha value is -2.74. The number of benzene rings is 1. The van der Waals surface area contributed by atoms with Crippen molar-refractivity contribution < 1.29 is 9.59 Å². The first kappa shape index (κ1) is 24.4. The van der Waals surface area contributed by atoms with E-state index in [0.29, 0.717) is 30.5 Å². The van der Waals surface area contributed by atoms with Gasteiger partial charge in [-0.1, -0.05) is 43.0 Å². The SMILES string of the molecule is C=NC(=O)N[C@H](Cc1ccc(Cl)cc1)C(=O)N1CCC(Cn2cncn2)(C2CCCCC2)CC1. The fourth-order valence-electron chi connectivity index (χ4n) is 5.69. The molecule has 1 aliphatic carbocycles. The van der Waals surface area contributed by atoms with Crippen LogP contribution in [0.4, 0.5) is 4.79 Å². The van der Waals surface area contributed by atoms with Crippen LogP contribution in [0.3, 0.4) is 0 Å². The van der Waals surface area contributed by atoms with Gasteiger partial charge in [-0.15, -0.1) is 0 Å². The highest BCUT2D eigenvalue weighted by Crippen LogP contribution is 2.47. The minimum atomic E-state index is -0.698. The maximum absolute atomic E-state index is 13.5. The lowest BCUT2D eigenvalue weighted by molar-refractivity contribution is -0.136. The second-order valence-corrected chi connectivity index (χ2v) is 10.0. The summed E-state index contributed by atoms with van der Waals surface area (Å²) in [6.45, 7) is 5.46. The molecule has 1 aromatic carbocycles. The van der Waals surface area contributed by atoms with E-state index < -0.39 is 12.1 Å². The first-order chi connectivity index (χ1) is 16.5. The van der Waals surface area contributed by atoms with Crippen LogP contribution < -0.4 is 5.32 Å². The van der Waals surface area contributed by atoms with E-state index in [-0.39, 0.29) is 11.3 Å². The van der Waals surface area contributed by atoms with Crippen LogP contribution in [-0.4, -0.2) is 57.5 Å². The average molecular weight is 485 g/mol. The van der Waals surface area contributed by atoms with Crippen molar-refractivity contribution >= 4 is 30.3 Å². The van der Waals surface area contributed by atoms with E-state index in [9.17, 15) is 9.59 Å². The maximum Gasteiger partial charge on any atom is 0.340 e. The quantitative estimate of drug-likeness (QED) is 0.597. The fraction of sp³-hybridized carbons (Fsp3) is 0.560. The predicted molar refractivity (Wildman–Crippen MR) is 132 cm³/mol. The topological polar surface area (TPSA) is 92.5 Å². The van der Waals surface area contributed by atoms with Crippen LogP contribution >= 0.6 is 11.6 Å². The molecule has 1 aliphatic heterocycles. The predicted octanol–water partition coefficient (Wildman–Crippen LogP) is 4.14. The average Bonchev–Trinajstić information content (AvgIpc) is 3.38. The van der Waals surface area contributed by atoms with Crippen LogP contribution in [0.2, 0.25) is 5.02 Å². The number of nitrogens with zero attached hydrogens (tertiary/aromatic N) is 5. The van der Waals surface area contributed by atoms with Crippen LogP contribution in [-0.2, 0) is 17.8 Å². The van der Waals surface area contributed by atoms with Gasteiger partial charge in [0.1, 0.15) is 18.7 Å². The molecular weight excluding hydrogens is 452 g/mol. The van der Waals surface area contributed by atoms with E-state index in [1.54, 1.807) is 24.8 Å². The number of aliphatic imine (C=N–C) groups is 1. The molecule has 2 fully saturated rings. The molecule has 0 spiro atoms. The molecule has 34 heavy (non-hydrogen) atoms. The van der Waals surface area contributed by atoms with Crippen molar-refractivity contribution in [3.05, 3.63) is 47.5 Å². The number of amides is 3. The molecule has 3 amide bonds. The van der Waals surface area contributed by atoms with Crippen LogP contribution in [0.1, 0.15) is 50.5 Å². The Kier molecular flexibility index (Phi) is 7.98. The number of aromatic nitrogens is 3. The first-order valence-electron chi connectivity index (χ1n) is 12.1. The number of rotatable bonds is 7. The maximum atomic E-state index is 13.5. The third-order valence-corrected chi connectivity index (χ3v) is 7.83. The Bertz CT molecular complexity index is 964. The molecule has 182 valence electrons. The first-order valence-corrected chi connectivity index (χ1v) is 12.5. The van der Waals surface area contributed by atoms with Gasteiger partial charge in [0.2, 0.25) is 5.91 Å². The number of hydrogen-bond acceptors (Lipinski definition) is 4. The third kappa shape index (κ3) is 5.84. The largest absolute Gasteiger partial charge is 0.341 e. The number of nitrogens with one attached hydrogen (secondary N) is 1. The summed E-state index contributed by atoms with van der Waals surface area (Å²) in [5.74, 6) is 0.558. The molecule has 0 unspecified atom stereocenters. The van der Waals surface area contributed by atoms with Gasteiger partial charge in [-0.2, -0.15) is 5.10 Å². The number of urea groups is 1. The molecule has 4 rings (SSSR count). The summed E-state index contributed by atoms with van der Waals surface area (Å²) in [6.07, 6.45) is 11.9. The molecule has 2 aliphatic rings. The number of likely N-dealkylation sites (tertiary alicyclic amines) is 1. The van der Waals surface area contributed by atoms with E-state index in [4.69, 9.17) is 11.6 Å². The van der Waals surface area contributed by atoms with Gasteiger partial charge in [0.15, 0.2) is 0 Å². The van der Waals surface area contributed by atoms with Gasteiger partial charge in [0, 0.05) is 31.1 Å². The molecule has 1 saturated carbocycles. The summed E-state index contributed by atoms with van der Waals surface area (Å²) >= 11 is 6.00. The summed E-state index contributed by atoms with van der Waals surface area (Å²) in [5.41, 5.74) is 1.04. The number of carbonyl (C=O) groups excluding carboxylic acids is 2. The van der Waals surface area contributed by atoms with Gasteiger partial charge in [-0.3, -0.25) is 9.48 Å². The number of hydrogen-bond donors (Lipinski definition) is 1. The van der Waals surface area contributed by atoms with E-state index in [1.165, 1.54) is 32.1 Å². The second-order valence-electron chi connectivity index (χ2n) is 9.61. The molecule has 9 heteroatoms. The molecule has 1 atom stereocenters. The van der Waals surface area contributed by atoms with Crippen LogP contribution in [0, 0.1) is 11.3 Å². The summed E-state index contributed by atoms with van der Waals surface area (Å²) < 4.78 is 1.95. The van der Waals surface area contributed by atoms with Gasteiger partial charge in [0.25, 0.3) is 0 Å². The van der Waals surface area contributed by atoms with Crippen molar-refractivity contribution in [3.8, 4) is 0 Å². The molecule has 8 nitrogen and oxygen atoms in total. The second kappa shape index (κ2) is 11.1.